The number of esters is 1. The van der Waals surface area contributed by atoms with Crippen molar-refractivity contribution in [3.8, 4) is 0 Å². The molecule has 0 aliphatic heterocycles. The molecule has 3 aromatic rings. The lowest BCUT2D eigenvalue weighted by atomic mass is 10.2. The molecule has 0 radical (unpaired) electrons. The number of hydrogen-bond acceptors (Lipinski definition) is 5. The lowest BCUT2D eigenvalue weighted by molar-refractivity contribution is -0.146. The number of para-hydroxylation sites is 1. The molecule has 0 aliphatic rings. The highest BCUT2D eigenvalue weighted by molar-refractivity contribution is 7.21. The molecule has 2 amide bonds. The van der Waals surface area contributed by atoms with E-state index in [1.807, 2.05) is 18.2 Å². The van der Waals surface area contributed by atoms with Gasteiger partial charge in [0.15, 0.2) is 6.61 Å². The van der Waals surface area contributed by atoms with Crippen LogP contribution < -0.4 is 10.6 Å². The fraction of sp³-hybridized carbons (Fsp3) is 0.105. The van der Waals surface area contributed by atoms with Crippen molar-refractivity contribution < 1.29 is 23.5 Å². The number of thiophene rings is 1. The summed E-state index contributed by atoms with van der Waals surface area (Å²) in [4.78, 5) is 36.0. The molecule has 0 saturated carbocycles. The van der Waals surface area contributed by atoms with E-state index in [9.17, 15) is 18.8 Å². The minimum absolute atomic E-state index is 0.0174. The molecule has 144 valence electrons. The lowest BCUT2D eigenvalue weighted by Crippen LogP contribution is -2.32. The van der Waals surface area contributed by atoms with Gasteiger partial charge in [-0.3, -0.25) is 14.4 Å². The van der Waals surface area contributed by atoms with Gasteiger partial charge in [0.05, 0.1) is 10.7 Å². The van der Waals surface area contributed by atoms with E-state index >= 15 is 0 Å². The van der Waals surface area contributed by atoms with E-state index in [4.69, 9.17) is 16.3 Å². The molecule has 0 bridgehead atoms. The summed E-state index contributed by atoms with van der Waals surface area (Å²) >= 11 is 7.42. The molecule has 1 aromatic heterocycles. The second-order valence-corrected chi connectivity index (χ2v) is 7.04. The van der Waals surface area contributed by atoms with E-state index in [0.29, 0.717) is 5.02 Å². The SMILES string of the molecule is O=C(COC(=O)CNC(=O)c1sc2ccccc2c1Cl)Nc1ccccc1F. The Labute approximate surface area is 168 Å². The second kappa shape index (κ2) is 8.81. The molecule has 0 fully saturated rings. The third kappa shape index (κ3) is 4.65. The molecule has 0 saturated heterocycles. The Morgan fingerprint density at radius 2 is 1.79 bits per heavy atom. The van der Waals surface area contributed by atoms with Crippen LogP contribution in [0.5, 0.6) is 0 Å². The molecular formula is C19H14ClFN2O4S. The van der Waals surface area contributed by atoms with Crippen molar-refractivity contribution in [3.63, 3.8) is 0 Å². The van der Waals surface area contributed by atoms with Crippen LogP contribution in [0.2, 0.25) is 5.02 Å². The van der Waals surface area contributed by atoms with Gasteiger partial charge in [-0.2, -0.15) is 0 Å². The molecule has 2 aromatic carbocycles. The fourth-order valence-electron chi connectivity index (χ4n) is 2.34. The zero-order chi connectivity index (χ0) is 20.1. The summed E-state index contributed by atoms with van der Waals surface area (Å²) < 4.78 is 19.1. The number of hydrogen-bond donors (Lipinski definition) is 2. The van der Waals surface area contributed by atoms with E-state index in [-0.39, 0.29) is 10.6 Å². The highest BCUT2D eigenvalue weighted by atomic mass is 35.5. The molecule has 3 rings (SSSR count). The Kier molecular flexibility index (Phi) is 6.23. The Hall–Kier alpha value is -2.97. The summed E-state index contributed by atoms with van der Waals surface area (Å²) in [5.41, 5.74) is -0.0174. The van der Waals surface area contributed by atoms with Gasteiger partial charge in [-0.15, -0.1) is 11.3 Å². The van der Waals surface area contributed by atoms with Crippen LogP contribution in [0.3, 0.4) is 0 Å². The topological polar surface area (TPSA) is 84.5 Å². The number of anilines is 1. The predicted molar refractivity (Wildman–Crippen MR) is 105 cm³/mol. The number of nitrogens with one attached hydrogen (secondary N) is 2. The van der Waals surface area contributed by atoms with Crippen LogP contribution in [0.4, 0.5) is 10.1 Å². The molecular weight excluding hydrogens is 407 g/mol. The minimum atomic E-state index is -0.811. The predicted octanol–water partition coefficient (Wildman–Crippen LogP) is 3.61. The maximum atomic E-state index is 13.4. The number of amides is 2. The number of ether oxygens (including phenoxy) is 1. The molecule has 0 unspecified atom stereocenters. The average molecular weight is 421 g/mol. The minimum Gasteiger partial charge on any atom is -0.454 e. The standard InChI is InChI=1S/C19H14ClFN2O4S/c20-17-11-5-1-4-8-14(11)28-18(17)19(26)22-9-16(25)27-10-15(24)23-13-7-3-2-6-12(13)21/h1-8H,9-10H2,(H,22,26)(H,23,24). The number of carbonyl (C=O) groups excluding carboxylic acids is 3. The van der Waals surface area contributed by atoms with Gasteiger partial charge < -0.3 is 15.4 Å². The first-order chi connectivity index (χ1) is 13.5. The maximum absolute atomic E-state index is 13.4. The molecule has 28 heavy (non-hydrogen) atoms. The molecule has 0 atom stereocenters. The quantitative estimate of drug-likeness (QED) is 0.597. The first kappa shape index (κ1) is 19.8. The van der Waals surface area contributed by atoms with Crippen molar-refractivity contribution in [1.82, 2.24) is 5.32 Å². The molecule has 6 nitrogen and oxygen atoms in total. The number of benzene rings is 2. The van der Waals surface area contributed by atoms with Crippen molar-refractivity contribution in [2.45, 2.75) is 0 Å². The monoisotopic (exact) mass is 420 g/mol. The zero-order valence-electron chi connectivity index (χ0n) is 14.3. The highest BCUT2D eigenvalue weighted by Crippen LogP contribution is 2.34. The van der Waals surface area contributed by atoms with Gasteiger partial charge in [0.25, 0.3) is 11.8 Å². The lowest BCUT2D eigenvalue weighted by Gasteiger charge is -2.08. The molecule has 2 N–H and O–H groups in total. The van der Waals surface area contributed by atoms with Crippen molar-refractivity contribution in [2.24, 2.45) is 0 Å². The molecule has 0 spiro atoms. The summed E-state index contributed by atoms with van der Waals surface area (Å²) in [5, 5.41) is 5.76. The molecule has 0 aliphatic carbocycles. The van der Waals surface area contributed by atoms with Gasteiger partial charge >= 0.3 is 5.97 Å². The summed E-state index contributed by atoms with van der Waals surface area (Å²) in [6.45, 7) is -1.04. The summed E-state index contributed by atoms with van der Waals surface area (Å²) in [7, 11) is 0. The van der Waals surface area contributed by atoms with Crippen LogP contribution in [-0.4, -0.2) is 30.9 Å². The first-order valence-electron chi connectivity index (χ1n) is 8.11. The van der Waals surface area contributed by atoms with Crippen LogP contribution in [0.1, 0.15) is 9.67 Å². The van der Waals surface area contributed by atoms with Crippen molar-refractivity contribution >= 4 is 56.5 Å². The maximum Gasteiger partial charge on any atom is 0.325 e. The van der Waals surface area contributed by atoms with Crippen LogP contribution in [0, 0.1) is 5.82 Å². The number of halogens is 2. The Bertz CT molecular complexity index is 1050. The highest BCUT2D eigenvalue weighted by Gasteiger charge is 2.18. The van der Waals surface area contributed by atoms with E-state index in [0.717, 1.165) is 10.1 Å². The average Bonchev–Trinajstić information content (AvgIpc) is 3.03. The van der Waals surface area contributed by atoms with E-state index < -0.39 is 36.8 Å². The third-order valence-electron chi connectivity index (χ3n) is 3.65. The zero-order valence-corrected chi connectivity index (χ0v) is 15.9. The van der Waals surface area contributed by atoms with Crippen molar-refractivity contribution in [1.29, 1.82) is 0 Å². The molecule has 1 heterocycles. The number of rotatable bonds is 6. The van der Waals surface area contributed by atoms with Crippen molar-refractivity contribution in [3.05, 3.63) is 64.2 Å². The van der Waals surface area contributed by atoms with Gasteiger partial charge in [0, 0.05) is 10.1 Å². The van der Waals surface area contributed by atoms with Gasteiger partial charge in [0.1, 0.15) is 17.2 Å². The normalized spacial score (nSPS) is 10.5. The van der Waals surface area contributed by atoms with E-state index in [2.05, 4.69) is 10.6 Å². The van der Waals surface area contributed by atoms with Crippen LogP contribution >= 0.6 is 22.9 Å². The third-order valence-corrected chi connectivity index (χ3v) is 5.32. The number of carbonyl (C=O) groups is 3. The molecule has 9 heteroatoms. The van der Waals surface area contributed by atoms with Crippen LogP contribution in [0.25, 0.3) is 10.1 Å². The van der Waals surface area contributed by atoms with Crippen molar-refractivity contribution in [2.75, 3.05) is 18.5 Å². The van der Waals surface area contributed by atoms with E-state index in [1.54, 1.807) is 12.1 Å². The smallest absolute Gasteiger partial charge is 0.325 e. The van der Waals surface area contributed by atoms with Gasteiger partial charge in [-0.25, -0.2) is 4.39 Å². The summed E-state index contributed by atoms with van der Waals surface area (Å²) in [5.74, 6) is -2.62. The van der Waals surface area contributed by atoms with Gasteiger partial charge in [-0.05, 0) is 18.2 Å². The fourth-order valence-corrected chi connectivity index (χ4v) is 3.77. The van der Waals surface area contributed by atoms with Gasteiger partial charge in [-0.1, -0.05) is 41.9 Å². The number of fused-ring (bicyclic) bond motifs is 1. The van der Waals surface area contributed by atoms with Gasteiger partial charge in [0.2, 0.25) is 0 Å². The Morgan fingerprint density at radius 1 is 1.07 bits per heavy atom. The summed E-state index contributed by atoms with van der Waals surface area (Å²) in [6, 6.07) is 12.9. The first-order valence-corrected chi connectivity index (χ1v) is 9.30. The van der Waals surface area contributed by atoms with Crippen LogP contribution in [-0.2, 0) is 14.3 Å². The second-order valence-electron chi connectivity index (χ2n) is 5.61. The Morgan fingerprint density at radius 3 is 2.54 bits per heavy atom. The largest absolute Gasteiger partial charge is 0.454 e. The van der Waals surface area contributed by atoms with E-state index in [1.165, 1.54) is 29.5 Å². The summed E-state index contributed by atoms with van der Waals surface area (Å²) in [6.07, 6.45) is 0. The van der Waals surface area contributed by atoms with Crippen LogP contribution in [0.15, 0.2) is 48.5 Å². The Balaban J connectivity index is 1.48.